The van der Waals surface area contributed by atoms with Gasteiger partial charge in [0.05, 0.1) is 5.60 Å². The van der Waals surface area contributed by atoms with Gasteiger partial charge in [-0.3, -0.25) is 0 Å². The van der Waals surface area contributed by atoms with E-state index in [0.29, 0.717) is 5.92 Å². The number of rotatable bonds is 4. The van der Waals surface area contributed by atoms with Crippen molar-refractivity contribution in [2.24, 2.45) is 0 Å². The lowest BCUT2D eigenvalue weighted by Crippen LogP contribution is -2.32. The molecular weight excluding hydrogens is 212 g/mol. The van der Waals surface area contributed by atoms with Crippen LogP contribution in [0.15, 0.2) is 24.3 Å². The third-order valence-corrected chi connectivity index (χ3v) is 4.02. The van der Waals surface area contributed by atoms with Gasteiger partial charge in [0, 0.05) is 7.11 Å². The van der Waals surface area contributed by atoms with Crippen LogP contribution < -0.4 is 0 Å². The van der Waals surface area contributed by atoms with E-state index >= 15 is 0 Å². The number of aliphatic hydroxyl groups is 1. The zero-order valence-electron chi connectivity index (χ0n) is 10.9. The van der Waals surface area contributed by atoms with Crippen LogP contribution in [0.2, 0.25) is 0 Å². The molecule has 0 bridgehead atoms. The molecular formula is C15H22O2. The molecule has 2 heteroatoms. The van der Waals surface area contributed by atoms with Gasteiger partial charge in [-0.15, -0.1) is 0 Å². The van der Waals surface area contributed by atoms with Gasteiger partial charge >= 0.3 is 0 Å². The van der Waals surface area contributed by atoms with Crippen molar-refractivity contribution in [3.05, 3.63) is 35.4 Å². The minimum absolute atomic E-state index is 0.542. The molecule has 2 rings (SSSR count). The summed E-state index contributed by atoms with van der Waals surface area (Å²) in [7, 11) is 1.65. The van der Waals surface area contributed by atoms with Crippen molar-refractivity contribution in [3.8, 4) is 0 Å². The summed E-state index contributed by atoms with van der Waals surface area (Å²) >= 11 is 0. The minimum atomic E-state index is -0.565. The van der Waals surface area contributed by atoms with E-state index in [1.807, 2.05) is 26.0 Å². The van der Waals surface area contributed by atoms with E-state index in [4.69, 9.17) is 4.74 Å². The minimum Gasteiger partial charge on any atom is -0.385 e. The molecule has 1 unspecified atom stereocenters. The fourth-order valence-corrected chi connectivity index (χ4v) is 2.34. The summed E-state index contributed by atoms with van der Waals surface area (Å²) in [4.78, 5) is 0. The Bertz CT molecular complexity index is 380. The number of methoxy groups -OCH3 is 1. The number of hydrogen-bond donors (Lipinski definition) is 1. The normalized spacial score (nSPS) is 18.8. The fraction of sp³-hybridized carbons (Fsp3) is 0.600. The standard InChI is InChI=1S/C15H22O2/c1-15(2,17-3)14(16)13-10-5-4-9-12(13)11-7-6-8-11/h4-5,9-11,14,16H,6-8H2,1-3H3. The number of benzene rings is 1. The Kier molecular flexibility index (Phi) is 3.55. The van der Waals surface area contributed by atoms with Crippen molar-refractivity contribution in [1.82, 2.24) is 0 Å². The highest BCUT2D eigenvalue weighted by Crippen LogP contribution is 2.41. The monoisotopic (exact) mass is 234 g/mol. The van der Waals surface area contributed by atoms with E-state index in [1.165, 1.54) is 24.8 Å². The van der Waals surface area contributed by atoms with Crippen LogP contribution in [0.4, 0.5) is 0 Å². The first-order valence-electron chi connectivity index (χ1n) is 6.38. The zero-order chi connectivity index (χ0) is 12.5. The van der Waals surface area contributed by atoms with Crippen molar-refractivity contribution in [2.45, 2.75) is 50.7 Å². The van der Waals surface area contributed by atoms with Crippen LogP contribution in [0.5, 0.6) is 0 Å². The molecule has 94 valence electrons. The van der Waals surface area contributed by atoms with Crippen molar-refractivity contribution in [1.29, 1.82) is 0 Å². The summed E-state index contributed by atoms with van der Waals surface area (Å²) < 4.78 is 5.39. The van der Waals surface area contributed by atoms with Crippen LogP contribution in [0, 0.1) is 0 Å². The highest BCUT2D eigenvalue weighted by molar-refractivity contribution is 5.34. The second kappa shape index (κ2) is 4.79. The molecule has 1 aromatic carbocycles. The second-order valence-corrected chi connectivity index (χ2v) is 5.47. The van der Waals surface area contributed by atoms with Gasteiger partial charge in [0.1, 0.15) is 6.10 Å². The first-order valence-corrected chi connectivity index (χ1v) is 6.38. The highest BCUT2D eigenvalue weighted by atomic mass is 16.5. The maximum absolute atomic E-state index is 10.5. The number of aliphatic hydroxyl groups excluding tert-OH is 1. The van der Waals surface area contributed by atoms with Crippen LogP contribution in [0.3, 0.4) is 0 Å². The molecule has 0 radical (unpaired) electrons. The second-order valence-electron chi connectivity index (χ2n) is 5.47. The van der Waals surface area contributed by atoms with Gasteiger partial charge in [0.25, 0.3) is 0 Å². The average molecular weight is 234 g/mol. The molecule has 0 spiro atoms. The molecule has 0 heterocycles. The molecule has 0 amide bonds. The molecule has 1 aromatic rings. The van der Waals surface area contributed by atoms with E-state index in [9.17, 15) is 5.11 Å². The molecule has 1 aliphatic carbocycles. The number of hydrogen-bond acceptors (Lipinski definition) is 2. The smallest absolute Gasteiger partial charge is 0.108 e. The van der Waals surface area contributed by atoms with Gasteiger partial charge in [-0.05, 0) is 43.7 Å². The van der Waals surface area contributed by atoms with E-state index in [1.54, 1.807) is 7.11 Å². The molecule has 0 aromatic heterocycles. The number of ether oxygens (including phenoxy) is 1. The van der Waals surface area contributed by atoms with E-state index in [2.05, 4.69) is 12.1 Å². The van der Waals surface area contributed by atoms with Gasteiger partial charge in [0.15, 0.2) is 0 Å². The average Bonchev–Trinajstić information content (AvgIpc) is 2.26. The Hall–Kier alpha value is -0.860. The molecule has 17 heavy (non-hydrogen) atoms. The lowest BCUT2D eigenvalue weighted by atomic mass is 9.76. The maximum atomic E-state index is 10.5. The predicted molar refractivity (Wildman–Crippen MR) is 69.1 cm³/mol. The lowest BCUT2D eigenvalue weighted by molar-refractivity contribution is -0.0798. The Morgan fingerprint density at radius 2 is 1.94 bits per heavy atom. The molecule has 0 saturated heterocycles. The third kappa shape index (κ3) is 2.38. The Balaban J connectivity index is 2.31. The van der Waals surface area contributed by atoms with Gasteiger partial charge in [-0.2, -0.15) is 0 Å². The lowest BCUT2D eigenvalue weighted by Gasteiger charge is -2.34. The Morgan fingerprint density at radius 3 is 2.47 bits per heavy atom. The van der Waals surface area contributed by atoms with Crippen molar-refractivity contribution in [3.63, 3.8) is 0 Å². The topological polar surface area (TPSA) is 29.5 Å². The predicted octanol–water partition coefficient (Wildman–Crippen LogP) is 3.41. The largest absolute Gasteiger partial charge is 0.385 e. The molecule has 1 saturated carbocycles. The summed E-state index contributed by atoms with van der Waals surface area (Å²) in [5.41, 5.74) is 1.79. The van der Waals surface area contributed by atoms with E-state index < -0.39 is 11.7 Å². The summed E-state index contributed by atoms with van der Waals surface area (Å²) in [5, 5.41) is 10.5. The van der Waals surface area contributed by atoms with Crippen molar-refractivity contribution < 1.29 is 9.84 Å². The fourth-order valence-electron chi connectivity index (χ4n) is 2.34. The van der Waals surface area contributed by atoms with Crippen molar-refractivity contribution >= 4 is 0 Å². The van der Waals surface area contributed by atoms with E-state index in [0.717, 1.165) is 5.56 Å². The molecule has 1 aliphatic rings. The molecule has 2 nitrogen and oxygen atoms in total. The molecule has 0 aliphatic heterocycles. The van der Waals surface area contributed by atoms with Gasteiger partial charge in [-0.1, -0.05) is 30.7 Å². The molecule has 1 fully saturated rings. The third-order valence-electron chi connectivity index (χ3n) is 4.02. The van der Waals surface area contributed by atoms with Gasteiger partial charge < -0.3 is 9.84 Å². The summed E-state index contributed by atoms with van der Waals surface area (Å²) in [6.45, 7) is 3.85. The van der Waals surface area contributed by atoms with Crippen LogP contribution >= 0.6 is 0 Å². The molecule has 1 N–H and O–H groups in total. The van der Waals surface area contributed by atoms with Gasteiger partial charge in [-0.25, -0.2) is 0 Å². The first-order chi connectivity index (χ1) is 8.06. The highest BCUT2D eigenvalue weighted by Gasteiger charge is 2.32. The first kappa shape index (κ1) is 12.6. The van der Waals surface area contributed by atoms with Crippen LogP contribution in [-0.4, -0.2) is 17.8 Å². The summed E-state index contributed by atoms with van der Waals surface area (Å²) in [6.07, 6.45) is 3.24. The van der Waals surface area contributed by atoms with Crippen LogP contribution in [0.1, 0.15) is 56.3 Å². The summed E-state index contributed by atoms with van der Waals surface area (Å²) in [6, 6.07) is 8.23. The van der Waals surface area contributed by atoms with Crippen LogP contribution in [0.25, 0.3) is 0 Å². The Morgan fingerprint density at radius 1 is 1.29 bits per heavy atom. The zero-order valence-corrected chi connectivity index (χ0v) is 10.9. The summed E-state index contributed by atoms with van der Waals surface area (Å²) in [5.74, 6) is 0.633. The maximum Gasteiger partial charge on any atom is 0.108 e. The Labute approximate surface area is 104 Å². The van der Waals surface area contributed by atoms with Crippen LogP contribution in [-0.2, 0) is 4.74 Å². The SMILES string of the molecule is COC(C)(C)C(O)c1ccccc1C1CCC1. The van der Waals surface area contributed by atoms with E-state index in [-0.39, 0.29) is 0 Å². The quantitative estimate of drug-likeness (QED) is 0.865. The molecule has 1 atom stereocenters. The van der Waals surface area contributed by atoms with Gasteiger partial charge in [0.2, 0.25) is 0 Å². The van der Waals surface area contributed by atoms with Crippen molar-refractivity contribution in [2.75, 3.05) is 7.11 Å².